The number of anilines is 2. The third-order valence-corrected chi connectivity index (χ3v) is 4.33. The topological polar surface area (TPSA) is 45.2 Å². The first-order valence-corrected chi connectivity index (χ1v) is 8.24. The summed E-state index contributed by atoms with van der Waals surface area (Å²) in [6.07, 6.45) is 5.11. The second kappa shape index (κ2) is 6.82. The lowest BCUT2D eigenvalue weighted by molar-refractivity contribution is 0.0725. The first kappa shape index (κ1) is 15.5. The zero-order valence-electron chi connectivity index (χ0n) is 13.8. The van der Waals surface area contributed by atoms with Crippen molar-refractivity contribution in [2.45, 2.75) is 33.1 Å². The molecule has 4 heteroatoms. The number of benzene rings is 1. The molecule has 0 radical (unpaired) electrons. The largest absolute Gasteiger partial charge is 0.339 e. The number of rotatable bonds is 3. The van der Waals surface area contributed by atoms with Gasteiger partial charge < -0.3 is 10.2 Å². The molecule has 1 aliphatic rings. The number of nitrogens with zero attached hydrogens (tertiary/aromatic N) is 2. The zero-order chi connectivity index (χ0) is 16.2. The van der Waals surface area contributed by atoms with Gasteiger partial charge in [-0.15, -0.1) is 0 Å². The van der Waals surface area contributed by atoms with Gasteiger partial charge >= 0.3 is 0 Å². The fourth-order valence-corrected chi connectivity index (χ4v) is 2.94. The van der Waals surface area contributed by atoms with Crippen molar-refractivity contribution in [2.24, 2.45) is 0 Å². The molecule has 1 N–H and O–H groups in total. The fraction of sp³-hybridized carbons (Fsp3) is 0.368. The first-order valence-electron chi connectivity index (χ1n) is 8.24. The van der Waals surface area contributed by atoms with Crippen LogP contribution in [0.5, 0.6) is 0 Å². The van der Waals surface area contributed by atoms with Crippen molar-refractivity contribution in [3.05, 3.63) is 53.2 Å². The van der Waals surface area contributed by atoms with E-state index >= 15 is 0 Å². The minimum atomic E-state index is 0.0746. The number of hydrogen-bond donors (Lipinski definition) is 1. The predicted octanol–water partition coefficient (Wildman–Crippen LogP) is 4.07. The third-order valence-electron chi connectivity index (χ3n) is 4.33. The van der Waals surface area contributed by atoms with E-state index < -0.39 is 0 Å². The number of pyridine rings is 1. The van der Waals surface area contributed by atoms with Crippen molar-refractivity contribution in [3.8, 4) is 0 Å². The SMILES string of the molecule is Cc1ccc(C)c(Nc2ncccc2C(=O)N2CCCCC2)c1. The molecule has 2 heterocycles. The highest BCUT2D eigenvalue weighted by atomic mass is 16.2. The highest BCUT2D eigenvalue weighted by Gasteiger charge is 2.21. The Balaban J connectivity index is 1.88. The number of nitrogens with one attached hydrogen (secondary N) is 1. The molecule has 120 valence electrons. The minimum Gasteiger partial charge on any atom is -0.339 e. The molecule has 1 aliphatic heterocycles. The van der Waals surface area contributed by atoms with Crippen LogP contribution in [-0.2, 0) is 0 Å². The van der Waals surface area contributed by atoms with Crippen LogP contribution in [0.25, 0.3) is 0 Å². The van der Waals surface area contributed by atoms with E-state index in [0.717, 1.165) is 37.2 Å². The van der Waals surface area contributed by atoms with Crippen LogP contribution in [0.1, 0.15) is 40.7 Å². The normalized spacial score (nSPS) is 14.6. The standard InChI is InChI=1S/C19H23N3O/c1-14-8-9-15(2)17(13-14)21-18-16(7-6-10-20-18)19(23)22-11-4-3-5-12-22/h6-10,13H,3-5,11-12H2,1-2H3,(H,20,21). The summed E-state index contributed by atoms with van der Waals surface area (Å²) in [5.74, 6) is 0.711. The molecule has 1 fully saturated rings. The van der Waals surface area contributed by atoms with E-state index in [2.05, 4.69) is 42.3 Å². The van der Waals surface area contributed by atoms with Crippen LogP contribution in [0.3, 0.4) is 0 Å². The van der Waals surface area contributed by atoms with E-state index in [1.165, 1.54) is 12.0 Å². The Kier molecular flexibility index (Phi) is 4.60. The molecule has 1 aromatic heterocycles. The minimum absolute atomic E-state index is 0.0746. The molecule has 1 amide bonds. The van der Waals surface area contributed by atoms with E-state index in [9.17, 15) is 4.79 Å². The Hall–Kier alpha value is -2.36. The van der Waals surface area contributed by atoms with Gasteiger partial charge in [0.15, 0.2) is 0 Å². The van der Waals surface area contributed by atoms with Crippen molar-refractivity contribution < 1.29 is 4.79 Å². The van der Waals surface area contributed by atoms with Crippen LogP contribution in [-0.4, -0.2) is 28.9 Å². The van der Waals surface area contributed by atoms with Crippen LogP contribution >= 0.6 is 0 Å². The highest BCUT2D eigenvalue weighted by Crippen LogP contribution is 2.24. The first-order chi connectivity index (χ1) is 11.1. The van der Waals surface area contributed by atoms with Gasteiger partial charge in [0, 0.05) is 25.0 Å². The van der Waals surface area contributed by atoms with Crippen LogP contribution in [0.2, 0.25) is 0 Å². The number of piperidine rings is 1. The molecular weight excluding hydrogens is 286 g/mol. The molecular formula is C19H23N3O. The number of amides is 1. The van der Waals surface area contributed by atoms with Gasteiger partial charge in [-0.05, 0) is 62.4 Å². The summed E-state index contributed by atoms with van der Waals surface area (Å²) in [5, 5.41) is 3.34. The van der Waals surface area contributed by atoms with Crippen molar-refractivity contribution >= 4 is 17.4 Å². The molecule has 0 atom stereocenters. The van der Waals surface area contributed by atoms with E-state index in [1.807, 2.05) is 17.0 Å². The number of aromatic nitrogens is 1. The summed E-state index contributed by atoms with van der Waals surface area (Å²) in [7, 11) is 0. The Morgan fingerprint density at radius 3 is 2.70 bits per heavy atom. The van der Waals surface area contributed by atoms with E-state index in [1.54, 1.807) is 6.20 Å². The highest BCUT2D eigenvalue weighted by molar-refractivity contribution is 5.99. The van der Waals surface area contributed by atoms with E-state index in [4.69, 9.17) is 0 Å². The van der Waals surface area contributed by atoms with Crippen molar-refractivity contribution in [2.75, 3.05) is 18.4 Å². The monoisotopic (exact) mass is 309 g/mol. The second-order valence-electron chi connectivity index (χ2n) is 6.20. The summed E-state index contributed by atoms with van der Waals surface area (Å²) < 4.78 is 0. The summed E-state index contributed by atoms with van der Waals surface area (Å²) in [4.78, 5) is 19.1. The quantitative estimate of drug-likeness (QED) is 0.929. The molecule has 1 aromatic carbocycles. The number of hydrogen-bond acceptors (Lipinski definition) is 3. The van der Waals surface area contributed by atoms with Gasteiger partial charge in [0.25, 0.3) is 5.91 Å². The van der Waals surface area contributed by atoms with Gasteiger partial charge in [0.2, 0.25) is 0 Å². The van der Waals surface area contributed by atoms with E-state index in [0.29, 0.717) is 11.4 Å². The third kappa shape index (κ3) is 3.52. The maximum atomic E-state index is 12.8. The van der Waals surface area contributed by atoms with Gasteiger partial charge in [0.05, 0.1) is 5.56 Å². The summed E-state index contributed by atoms with van der Waals surface area (Å²) in [5.41, 5.74) is 3.96. The van der Waals surface area contributed by atoms with Crippen LogP contribution in [0, 0.1) is 13.8 Å². The van der Waals surface area contributed by atoms with Crippen molar-refractivity contribution in [1.82, 2.24) is 9.88 Å². The average molecular weight is 309 g/mol. The molecule has 2 aromatic rings. The number of carbonyl (C=O) groups is 1. The molecule has 0 unspecified atom stereocenters. The fourth-order valence-electron chi connectivity index (χ4n) is 2.94. The van der Waals surface area contributed by atoms with Gasteiger partial charge in [0.1, 0.15) is 5.82 Å². The predicted molar refractivity (Wildman–Crippen MR) is 93.2 cm³/mol. The lowest BCUT2D eigenvalue weighted by atomic mass is 10.1. The Morgan fingerprint density at radius 1 is 1.13 bits per heavy atom. The Morgan fingerprint density at radius 2 is 1.91 bits per heavy atom. The van der Waals surface area contributed by atoms with Gasteiger partial charge in [-0.3, -0.25) is 4.79 Å². The number of likely N-dealkylation sites (tertiary alicyclic amines) is 1. The molecule has 0 bridgehead atoms. The zero-order valence-corrected chi connectivity index (χ0v) is 13.8. The molecule has 0 spiro atoms. The van der Waals surface area contributed by atoms with Crippen LogP contribution in [0.15, 0.2) is 36.5 Å². The van der Waals surface area contributed by atoms with Crippen molar-refractivity contribution in [1.29, 1.82) is 0 Å². The number of carbonyl (C=O) groups excluding carboxylic acids is 1. The molecule has 3 rings (SSSR count). The molecule has 0 saturated carbocycles. The van der Waals surface area contributed by atoms with Crippen LogP contribution < -0.4 is 5.32 Å². The van der Waals surface area contributed by atoms with Crippen molar-refractivity contribution in [3.63, 3.8) is 0 Å². The smallest absolute Gasteiger partial charge is 0.257 e. The summed E-state index contributed by atoms with van der Waals surface area (Å²) in [6, 6.07) is 9.92. The Labute approximate surface area is 137 Å². The maximum absolute atomic E-state index is 12.8. The van der Waals surface area contributed by atoms with Gasteiger partial charge in [-0.25, -0.2) is 4.98 Å². The molecule has 4 nitrogen and oxygen atoms in total. The summed E-state index contributed by atoms with van der Waals surface area (Å²) >= 11 is 0. The maximum Gasteiger partial charge on any atom is 0.257 e. The molecule has 23 heavy (non-hydrogen) atoms. The average Bonchev–Trinajstić information content (AvgIpc) is 2.59. The molecule has 0 aliphatic carbocycles. The number of aryl methyl sites for hydroxylation is 2. The lowest BCUT2D eigenvalue weighted by Crippen LogP contribution is -2.36. The molecule has 1 saturated heterocycles. The second-order valence-corrected chi connectivity index (χ2v) is 6.20. The van der Waals surface area contributed by atoms with E-state index in [-0.39, 0.29) is 5.91 Å². The van der Waals surface area contributed by atoms with Gasteiger partial charge in [-0.1, -0.05) is 12.1 Å². The van der Waals surface area contributed by atoms with Crippen LogP contribution in [0.4, 0.5) is 11.5 Å². The lowest BCUT2D eigenvalue weighted by Gasteiger charge is -2.27. The van der Waals surface area contributed by atoms with Gasteiger partial charge in [-0.2, -0.15) is 0 Å². The summed E-state index contributed by atoms with van der Waals surface area (Å²) in [6.45, 7) is 5.80. The Bertz CT molecular complexity index is 706.